The number of carbonyl (C=O) groups is 2. The van der Waals surface area contributed by atoms with Crippen LogP contribution in [0.15, 0.2) is 42.6 Å². The summed E-state index contributed by atoms with van der Waals surface area (Å²) in [5, 5.41) is 0. The van der Waals surface area contributed by atoms with Crippen molar-refractivity contribution in [3.63, 3.8) is 0 Å². The number of pyridine rings is 1. The highest BCUT2D eigenvalue weighted by molar-refractivity contribution is 5.94. The van der Waals surface area contributed by atoms with Gasteiger partial charge in [-0.25, -0.2) is 9.37 Å². The van der Waals surface area contributed by atoms with Gasteiger partial charge in [0.15, 0.2) is 0 Å². The summed E-state index contributed by atoms with van der Waals surface area (Å²) in [7, 11) is 1.50. The van der Waals surface area contributed by atoms with Crippen molar-refractivity contribution in [1.82, 2.24) is 14.8 Å². The zero-order valence-corrected chi connectivity index (χ0v) is 19.4. The Kier molecular flexibility index (Phi) is 7.62. The van der Waals surface area contributed by atoms with Crippen LogP contribution in [0.3, 0.4) is 0 Å². The third-order valence-electron chi connectivity index (χ3n) is 6.22. The van der Waals surface area contributed by atoms with Gasteiger partial charge < -0.3 is 24.0 Å². The molecule has 2 fully saturated rings. The van der Waals surface area contributed by atoms with Crippen LogP contribution < -0.4 is 9.47 Å². The molecule has 182 valence electrons. The smallest absolute Gasteiger partial charge is 0.254 e. The van der Waals surface area contributed by atoms with E-state index in [1.807, 2.05) is 4.90 Å². The lowest BCUT2D eigenvalue weighted by atomic mass is 9.95. The van der Waals surface area contributed by atoms with Crippen molar-refractivity contribution in [2.45, 2.75) is 31.3 Å². The summed E-state index contributed by atoms with van der Waals surface area (Å²) in [6.45, 7) is 2.37. The first-order chi connectivity index (χ1) is 16.5. The van der Waals surface area contributed by atoms with E-state index in [0.717, 1.165) is 32.4 Å². The van der Waals surface area contributed by atoms with E-state index in [-0.39, 0.29) is 43.8 Å². The number of amides is 2. The van der Waals surface area contributed by atoms with Crippen molar-refractivity contribution in [3.05, 3.63) is 54.0 Å². The lowest BCUT2D eigenvalue weighted by molar-refractivity contribution is -0.153. The first-order valence-corrected chi connectivity index (χ1v) is 11.6. The van der Waals surface area contributed by atoms with Gasteiger partial charge in [0.1, 0.15) is 23.8 Å². The number of halogens is 1. The number of carbonyl (C=O) groups excluding carboxylic acids is 2. The van der Waals surface area contributed by atoms with Crippen LogP contribution in [0.1, 0.15) is 36.0 Å². The van der Waals surface area contributed by atoms with Crippen molar-refractivity contribution >= 4 is 11.8 Å². The molecule has 0 aliphatic carbocycles. The number of hydrogen-bond acceptors (Lipinski definition) is 6. The normalized spacial score (nSPS) is 20.6. The van der Waals surface area contributed by atoms with Gasteiger partial charge in [-0.15, -0.1) is 0 Å². The van der Waals surface area contributed by atoms with E-state index < -0.39 is 5.60 Å². The van der Waals surface area contributed by atoms with Crippen LogP contribution in [0.4, 0.5) is 4.39 Å². The predicted molar refractivity (Wildman–Crippen MR) is 122 cm³/mol. The van der Waals surface area contributed by atoms with Crippen molar-refractivity contribution in [2.24, 2.45) is 0 Å². The minimum absolute atomic E-state index is 0.0118. The van der Waals surface area contributed by atoms with Crippen LogP contribution in [0.5, 0.6) is 11.6 Å². The number of aromatic nitrogens is 1. The second-order valence-electron chi connectivity index (χ2n) is 8.71. The minimum Gasteiger partial charge on any atom is -0.490 e. The molecule has 3 heterocycles. The summed E-state index contributed by atoms with van der Waals surface area (Å²) in [6, 6.07) is 8.92. The van der Waals surface area contributed by atoms with Gasteiger partial charge in [-0.05, 0) is 49.6 Å². The number of methoxy groups -OCH3 is 1. The number of hydrogen-bond donors (Lipinski definition) is 0. The maximum Gasteiger partial charge on any atom is 0.254 e. The quantitative estimate of drug-likeness (QED) is 0.618. The molecule has 34 heavy (non-hydrogen) atoms. The molecule has 0 unspecified atom stereocenters. The van der Waals surface area contributed by atoms with Crippen LogP contribution >= 0.6 is 0 Å². The highest BCUT2D eigenvalue weighted by Gasteiger charge is 2.42. The minimum atomic E-state index is -1.02. The fourth-order valence-electron chi connectivity index (χ4n) is 4.38. The highest BCUT2D eigenvalue weighted by Crippen LogP contribution is 2.27. The average molecular weight is 472 g/mol. The Balaban J connectivity index is 1.53. The lowest BCUT2D eigenvalue weighted by Crippen LogP contribution is -2.58. The number of nitrogens with zero attached hydrogens (tertiary/aromatic N) is 3. The van der Waals surface area contributed by atoms with Crippen LogP contribution in [0.2, 0.25) is 0 Å². The molecule has 0 saturated carbocycles. The Labute approximate surface area is 198 Å². The number of rotatable bonds is 7. The molecule has 0 spiro atoms. The van der Waals surface area contributed by atoms with E-state index in [2.05, 4.69) is 4.98 Å². The summed E-state index contributed by atoms with van der Waals surface area (Å²) in [5.74, 6) is 0.256. The molecule has 1 atom stereocenters. The molecule has 8 nitrogen and oxygen atoms in total. The van der Waals surface area contributed by atoms with Crippen LogP contribution in [0.25, 0.3) is 0 Å². The Morgan fingerprint density at radius 3 is 2.59 bits per heavy atom. The molecule has 2 amide bonds. The Bertz CT molecular complexity index is 996. The van der Waals surface area contributed by atoms with E-state index in [1.165, 1.54) is 37.6 Å². The molecule has 9 heteroatoms. The maximum absolute atomic E-state index is 13.3. The molecule has 0 radical (unpaired) electrons. The summed E-state index contributed by atoms with van der Waals surface area (Å²) in [6.07, 6.45) is 4.71. The van der Waals surface area contributed by atoms with Crippen molar-refractivity contribution in [3.8, 4) is 11.6 Å². The summed E-state index contributed by atoms with van der Waals surface area (Å²) >= 11 is 0. The third kappa shape index (κ3) is 5.83. The zero-order valence-electron chi connectivity index (χ0n) is 19.4. The summed E-state index contributed by atoms with van der Waals surface area (Å²) in [5.41, 5.74) is -0.571. The number of likely N-dealkylation sites (tertiary alicyclic amines) is 1. The van der Waals surface area contributed by atoms with E-state index in [1.54, 1.807) is 17.0 Å². The van der Waals surface area contributed by atoms with Crippen LogP contribution in [0, 0.1) is 5.82 Å². The summed E-state index contributed by atoms with van der Waals surface area (Å²) in [4.78, 5) is 34.0. The third-order valence-corrected chi connectivity index (χ3v) is 6.22. The molecule has 2 aliphatic rings. The Morgan fingerprint density at radius 1 is 1.09 bits per heavy atom. The van der Waals surface area contributed by atoms with Gasteiger partial charge in [0, 0.05) is 37.5 Å². The van der Waals surface area contributed by atoms with Crippen LogP contribution in [-0.2, 0) is 9.53 Å². The standard InChI is InChI=1S/C25H30FN3O5/c1-32-22-15-19(9-10-27-22)24(31)29-13-14-34-25(17-29,16-23(30)28-11-3-2-4-12-28)18-33-21-7-5-20(26)6-8-21/h5-10,15H,2-4,11-14,16-18H2,1H3/t25-/m0/s1. The van der Waals surface area contributed by atoms with E-state index in [9.17, 15) is 14.0 Å². The van der Waals surface area contributed by atoms with E-state index in [0.29, 0.717) is 23.7 Å². The molecular weight excluding hydrogens is 441 g/mol. The molecule has 1 aromatic carbocycles. The fraction of sp³-hybridized carbons (Fsp3) is 0.480. The zero-order chi connectivity index (χ0) is 24.0. The molecule has 2 saturated heterocycles. The molecular formula is C25H30FN3O5. The Hall–Kier alpha value is -3.20. The fourth-order valence-corrected chi connectivity index (χ4v) is 4.38. The van der Waals surface area contributed by atoms with E-state index >= 15 is 0 Å². The second-order valence-corrected chi connectivity index (χ2v) is 8.71. The number of piperidine rings is 1. The lowest BCUT2D eigenvalue weighted by Gasteiger charge is -2.43. The monoisotopic (exact) mass is 471 g/mol. The highest BCUT2D eigenvalue weighted by atomic mass is 19.1. The largest absolute Gasteiger partial charge is 0.490 e. The van der Waals surface area contributed by atoms with Gasteiger partial charge in [0.05, 0.1) is 26.7 Å². The molecule has 0 bridgehead atoms. The van der Waals surface area contributed by atoms with Crippen molar-refractivity contribution in [1.29, 1.82) is 0 Å². The first-order valence-electron chi connectivity index (χ1n) is 11.6. The molecule has 2 aliphatic heterocycles. The number of benzene rings is 1. The van der Waals surface area contributed by atoms with Crippen LogP contribution in [-0.4, -0.2) is 78.7 Å². The summed E-state index contributed by atoms with van der Waals surface area (Å²) < 4.78 is 30.5. The SMILES string of the molecule is COc1cc(C(=O)N2CCO[C@@](COc3ccc(F)cc3)(CC(=O)N3CCCCC3)C2)ccn1. The van der Waals surface area contributed by atoms with E-state index in [4.69, 9.17) is 14.2 Å². The van der Waals surface area contributed by atoms with Gasteiger partial charge in [-0.3, -0.25) is 9.59 Å². The maximum atomic E-state index is 13.3. The Morgan fingerprint density at radius 2 is 1.85 bits per heavy atom. The number of ether oxygens (including phenoxy) is 3. The van der Waals surface area contributed by atoms with Gasteiger partial charge in [0.25, 0.3) is 5.91 Å². The van der Waals surface area contributed by atoms with Gasteiger partial charge >= 0.3 is 0 Å². The van der Waals surface area contributed by atoms with Gasteiger partial charge in [-0.2, -0.15) is 0 Å². The molecule has 2 aromatic rings. The van der Waals surface area contributed by atoms with Gasteiger partial charge in [0.2, 0.25) is 11.8 Å². The molecule has 0 N–H and O–H groups in total. The second kappa shape index (κ2) is 10.8. The predicted octanol–water partition coefficient (Wildman–Crippen LogP) is 2.92. The van der Waals surface area contributed by atoms with Crippen molar-refractivity contribution < 1.29 is 28.2 Å². The first kappa shape index (κ1) is 23.9. The number of morpholine rings is 1. The molecule has 1 aromatic heterocycles. The molecule has 4 rings (SSSR count). The topological polar surface area (TPSA) is 81.2 Å². The van der Waals surface area contributed by atoms with Gasteiger partial charge in [-0.1, -0.05) is 0 Å². The average Bonchev–Trinajstić information content (AvgIpc) is 2.88. The van der Waals surface area contributed by atoms with Crippen molar-refractivity contribution in [2.75, 3.05) is 46.5 Å².